The van der Waals surface area contributed by atoms with Crippen molar-refractivity contribution in [3.05, 3.63) is 23.5 Å². The Labute approximate surface area is 165 Å². The van der Waals surface area contributed by atoms with E-state index in [4.69, 9.17) is 9.84 Å². The smallest absolute Gasteiger partial charge is 0.448 e. The van der Waals surface area contributed by atoms with Crippen molar-refractivity contribution < 1.29 is 34.0 Å². The van der Waals surface area contributed by atoms with Gasteiger partial charge in [-0.25, -0.2) is 14.4 Å². The molecule has 0 spiro atoms. The van der Waals surface area contributed by atoms with E-state index in [9.17, 15) is 14.4 Å². The summed E-state index contributed by atoms with van der Waals surface area (Å²) < 4.78 is 4.78. The molecule has 2 rings (SSSR count). The van der Waals surface area contributed by atoms with Gasteiger partial charge >= 0.3 is 18.1 Å². The maximum atomic E-state index is 11.6. The van der Waals surface area contributed by atoms with Gasteiger partial charge < -0.3 is 20.5 Å². The van der Waals surface area contributed by atoms with Crippen molar-refractivity contribution in [2.24, 2.45) is 0 Å². The van der Waals surface area contributed by atoms with Crippen molar-refractivity contribution in [2.45, 2.75) is 58.3 Å². The standard InChI is InChI=1S/C16H24N2O3.C3H6O4/c19-15(11-17-13-7-3-1-4-8-13)21-16(20)12-18-14-9-5-2-6-10-14;1-2-6-7-3(4)5/h7,9,17-18H,1-6,8,10-12H2;2H2,1H3,(H,4,5). The Hall–Kier alpha value is -2.55. The Kier molecular flexibility index (Phi) is 12.2. The molecule has 9 heteroatoms. The average molecular weight is 398 g/mol. The number of esters is 2. The first kappa shape index (κ1) is 23.5. The number of ether oxygens (including phenoxy) is 1. The van der Waals surface area contributed by atoms with Gasteiger partial charge in [-0.15, -0.1) is 0 Å². The van der Waals surface area contributed by atoms with Crippen molar-refractivity contribution in [3.63, 3.8) is 0 Å². The highest BCUT2D eigenvalue weighted by Gasteiger charge is 2.12. The number of hydrogen-bond donors (Lipinski definition) is 3. The molecule has 3 N–H and O–H groups in total. The topological polar surface area (TPSA) is 123 Å². The number of nitrogens with one attached hydrogen (secondary N) is 2. The highest BCUT2D eigenvalue weighted by molar-refractivity contribution is 5.87. The van der Waals surface area contributed by atoms with E-state index >= 15 is 0 Å². The molecule has 158 valence electrons. The van der Waals surface area contributed by atoms with Gasteiger partial charge in [-0.2, -0.15) is 4.89 Å². The molecule has 0 atom stereocenters. The summed E-state index contributed by atoms with van der Waals surface area (Å²) in [5, 5.41) is 13.8. The zero-order valence-corrected chi connectivity index (χ0v) is 16.3. The lowest BCUT2D eigenvalue weighted by molar-refractivity contribution is -0.247. The summed E-state index contributed by atoms with van der Waals surface area (Å²) in [6.07, 6.45) is 11.5. The normalized spacial score (nSPS) is 15.8. The molecule has 0 fully saturated rings. The third-order valence-corrected chi connectivity index (χ3v) is 3.98. The second kappa shape index (κ2) is 14.5. The lowest BCUT2D eigenvalue weighted by Gasteiger charge is -2.15. The van der Waals surface area contributed by atoms with Crippen LogP contribution in [0.3, 0.4) is 0 Å². The van der Waals surface area contributed by atoms with Gasteiger partial charge in [0.15, 0.2) is 0 Å². The Morgan fingerprint density at radius 3 is 1.75 bits per heavy atom. The minimum atomic E-state index is -1.41. The van der Waals surface area contributed by atoms with Crippen molar-refractivity contribution >= 4 is 18.1 Å². The van der Waals surface area contributed by atoms with Crippen LogP contribution in [0.5, 0.6) is 0 Å². The minimum absolute atomic E-state index is 0.0558. The van der Waals surface area contributed by atoms with Gasteiger partial charge in [-0.05, 0) is 58.3 Å². The van der Waals surface area contributed by atoms with E-state index in [0.29, 0.717) is 0 Å². The molecule has 2 aliphatic carbocycles. The average Bonchev–Trinajstić information content (AvgIpc) is 2.71. The maximum absolute atomic E-state index is 11.6. The summed E-state index contributed by atoms with van der Waals surface area (Å²) in [7, 11) is 0. The number of carbonyl (C=O) groups is 3. The summed E-state index contributed by atoms with van der Waals surface area (Å²) in [6.45, 7) is 1.98. The maximum Gasteiger partial charge on any atom is 0.537 e. The summed E-state index contributed by atoms with van der Waals surface area (Å²) in [6, 6.07) is 0. The third-order valence-electron chi connectivity index (χ3n) is 3.98. The monoisotopic (exact) mass is 398 g/mol. The summed E-state index contributed by atoms with van der Waals surface area (Å²) in [5.41, 5.74) is 2.16. The molecule has 0 aromatic heterocycles. The van der Waals surface area contributed by atoms with Crippen LogP contribution in [0, 0.1) is 0 Å². The molecule has 2 aliphatic rings. The van der Waals surface area contributed by atoms with E-state index in [1.54, 1.807) is 6.92 Å². The summed E-state index contributed by atoms with van der Waals surface area (Å²) >= 11 is 0. The molecule has 9 nitrogen and oxygen atoms in total. The number of rotatable bonds is 8. The third kappa shape index (κ3) is 11.9. The zero-order chi connectivity index (χ0) is 20.6. The van der Waals surface area contributed by atoms with Crippen LogP contribution in [0.25, 0.3) is 0 Å². The number of hydrogen-bond acceptors (Lipinski definition) is 8. The van der Waals surface area contributed by atoms with Gasteiger partial charge in [0.25, 0.3) is 0 Å². The Morgan fingerprint density at radius 2 is 1.43 bits per heavy atom. The molecular formula is C19H30N2O7. The van der Waals surface area contributed by atoms with Gasteiger partial charge in [0.1, 0.15) is 13.1 Å². The van der Waals surface area contributed by atoms with Gasteiger partial charge in [0.2, 0.25) is 0 Å². The molecule has 0 saturated carbocycles. The lowest BCUT2D eigenvalue weighted by atomic mass is 10.1. The first-order valence-corrected chi connectivity index (χ1v) is 9.63. The van der Waals surface area contributed by atoms with E-state index in [2.05, 4.69) is 32.6 Å². The summed E-state index contributed by atoms with van der Waals surface area (Å²) in [5.74, 6) is -1.04. The Morgan fingerprint density at radius 1 is 0.929 bits per heavy atom. The first-order chi connectivity index (χ1) is 13.5. The van der Waals surface area contributed by atoms with Gasteiger partial charge in [0.05, 0.1) is 6.61 Å². The molecule has 0 saturated heterocycles. The highest BCUT2D eigenvalue weighted by atomic mass is 17.2. The fourth-order valence-electron chi connectivity index (χ4n) is 2.68. The SMILES string of the molecule is CCOOC(=O)O.O=C(CNC1=CCCCC1)OC(=O)CNC1=CCCCC1. The van der Waals surface area contributed by atoms with Crippen LogP contribution in [0.4, 0.5) is 4.79 Å². The molecule has 0 bridgehead atoms. The molecular weight excluding hydrogens is 368 g/mol. The van der Waals surface area contributed by atoms with Gasteiger partial charge in [0, 0.05) is 11.4 Å². The van der Waals surface area contributed by atoms with Crippen LogP contribution in [0.15, 0.2) is 23.5 Å². The molecule has 0 aliphatic heterocycles. The van der Waals surface area contributed by atoms with Crippen LogP contribution >= 0.6 is 0 Å². The minimum Gasteiger partial charge on any atom is -0.448 e. The van der Waals surface area contributed by atoms with Crippen molar-refractivity contribution in [1.82, 2.24) is 10.6 Å². The van der Waals surface area contributed by atoms with Crippen LogP contribution in [0.1, 0.15) is 58.3 Å². The van der Waals surface area contributed by atoms with E-state index in [-0.39, 0.29) is 19.7 Å². The molecule has 0 unspecified atom stereocenters. The van der Waals surface area contributed by atoms with Crippen molar-refractivity contribution in [3.8, 4) is 0 Å². The van der Waals surface area contributed by atoms with E-state index in [1.165, 1.54) is 12.8 Å². The zero-order valence-electron chi connectivity index (χ0n) is 16.3. The number of carboxylic acid groups (broad SMARTS) is 1. The number of carbonyl (C=O) groups excluding carboxylic acids is 2. The van der Waals surface area contributed by atoms with Crippen LogP contribution in [0.2, 0.25) is 0 Å². The fraction of sp³-hybridized carbons (Fsp3) is 0.632. The molecule has 0 radical (unpaired) electrons. The van der Waals surface area contributed by atoms with Crippen molar-refractivity contribution in [1.29, 1.82) is 0 Å². The molecule has 0 heterocycles. The Balaban J connectivity index is 0.000000480. The van der Waals surface area contributed by atoms with Crippen molar-refractivity contribution in [2.75, 3.05) is 19.7 Å². The summed E-state index contributed by atoms with van der Waals surface area (Å²) in [4.78, 5) is 40.2. The Bertz CT molecular complexity index is 533. The molecule has 0 amide bonds. The lowest BCUT2D eigenvalue weighted by Crippen LogP contribution is -2.31. The molecule has 0 aromatic carbocycles. The van der Waals surface area contributed by atoms with Crippen LogP contribution < -0.4 is 10.6 Å². The predicted octanol–water partition coefficient (Wildman–Crippen LogP) is 2.78. The van der Waals surface area contributed by atoms with Gasteiger partial charge in [-0.3, -0.25) is 4.89 Å². The highest BCUT2D eigenvalue weighted by Crippen LogP contribution is 2.15. The van der Waals surface area contributed by atoms with Crippen LogP contribution in [-0.2, 0) is 24.1 Å². The molecule has 0 aromatic rings. The van der Waals surface area contributed by atoms with E-state index in [1.807, 2.05) is 0 Å². The second-order valence-electron chi connectivity index (χ2n) is 6.26. The fourth-order valence-corrected chi connectivity index (χ4v) is 2.68. The predicted molar refractivity (Wildman–Crippen MR) is 101 cm³/mol. The van der Waals surface area contributed by atoms with E-state index in [0.717, 1.165) is 49.9 Å². The van der Waals surface area contributed by atoms with Crippen LogP contribution in [-0.4, -0.2) is 42.9 Å². The first-order valence-electron chi connectivity index (χ1n) is 9.63. The second-order valence-corrected chi connectivity index (χ2v) is 6.26. The van der Waals surface area contributed by atoms with Gasteiger partial charge in [-0.1, -0.05) is 12.2 Å². The van der Waals surface area contributed by atoms with E-state index < -0.39 is 18.1 Å². The largest absolute Gasteiger partial charge is 0.537 e. The quantitative estimate of drug-likeness (QED) is 0.245. The number of allylic oxidation sites excluding steroid dienone is 4. The molecule has 28 heavy (non-hydrogen) atoms.